The Bertz CT molecular complexity index is 405. The molecule has 4 heteroatoms. The van der Waals surface area contributed by atoms with Crippen LogP contribution in [0.3, 0.4) is 0 Å². The van der Waals surface area contributed by atoms with Gasteiger partial charge in [0.15, 0.2) is 5.78 Å². The summed E-state index contributed by atoms with van der Waals surface area (Å²) in [6.07, 6.45) is 0. The van der Waals surface area contributed by atoms with E-state index >= 15 is 0 Å². The molecule has 1 aliphatic heterocycles. The third kappa shape index (κ3) is 3.75. The lowest BCUT2D eigenvalue weighted by molar-refractivity contribution is 0.101. The number of nitrogens with one attached hydrogen (secondary N) is 1. The molecule has 1 aliphatic rings. The van der Waals surface area contributed by atoms with Crippen molar-refractivity contribution in [2.45, 2.75) is 6.92 Å². The quantitative estimate of drug-likeness (QED) is 0.606. The van der Waals surface area contributed by atoms with Crippen molar-refractivity contribution in [2.75, 3.05) is 31.2 Å². The van der Waals surface area contributed by atoms with E-state index in [1.807, 2.05) is 36.0 Å². The molecule has 0 bridgehead atoms. The van der Waals surface area contributed by atoms with Gasteiger partial charge in [-0.25, -0.2) is 0 Å². The van der Waals surface area contributed by atoms with Crippen LogP contribution < -0.4 is 10.1 Å². The summed E-state index contributed by atoms with van der Waals surface area (Å²) in [6, 6.07) is 7.43. The summed E-state index contributed by atoms with van der Waals surface area (Å²) in [5, 5.41) is 3.27. The van der Waals surface area contributed by atoms with E-state index in [4.69, 9.17) is 4.74 Å². The van der Waals surface area contributed by atoms with E-state index in [0.717, 1.165) is 24.8 Å². The molecule has 0 aromatic heterocycles. The zero-order valence-corrected chi connectivity index (χ0v) is 11.5. The lowest BCUT2D eigenvalue weighted by Gasteiger charge is -2.26. The van der Waals surface area contributed by atoms with Gasteiger partial charge in [0.2, 0.25) is 0 Å². The molecule has 1 aromatic carbocycles. The summed E-state index contributed by atoms with van der Waals surface area (Å²) in [5.41, 5.74) is 0.672. The predicted octanol–water partition coefficient (Wildman–Crippen LogP) is 2.22. The monoisotopic (exact) mass is 265 g/mol. The number of para-hydroxylation sites is 1. The maximum absolute atomic E-state index is 11.4. The third-order valence-electron chi connectivity index (χ3n) is 2.97. The van der Waals surface area contributed by atoms with Crippen LogP contribution in [-0.4, -0.2) is 37.0 Å². The molecule has 1 fully saturated rings. The van der Waals surface area contributed by atoms with Gasteiger partial charge < -0.3 is 10.1 Å². The SMILES string of the molecule is CC(=O)c1ccccc1OCCSCC1CNC1. The van der Waals surface area contributed by atoms with Gasteiger partial charge in [0.25, 0.3) is 0 Å². The minimum atomic E-state index is 0.0544. The number of Topliss-reactive ketones (excluding diaryl/α,β-unsaturated/α-hetero) is 1. The second-order valence-electron chi connectivity index (χ2n) is 4.50. The van der Waals surface area contributed by atoms with Crippen molar-refractivity contribution in [3.8, 4) is 5.75 Å². The van der Waals surface area contributed by atoms with E-state index < -0.39 is 0 Å². The first kappa shape index (κ1) is 13.4. The Balaban J connectivity index is 1.70. The molecule has 1 heterocycles. The molecule has 98 valence electrons. The van der Waals surface area contributed by atoms with Crippen molar-refractivity contribution >= 4 is 17.5 Å². The van der Waals surface area contributed by atoms with Gasteiger partial charge in [-0.1, -0.05) is 12.1 Å². The van der Waals surface area contributed by atoms with Crippen LogP contribution in [0, 0.1) is 5.92 Å². The first-order valence-electron chi connectivity index (χ1n) is 6.28. The number of rotatable bonds is 7. The van der Waals surface area contributed by atoms with E-state index in [2.05, 4.69) is 5.32 Å². The van der Waals surface area contributed by atoms with E-state index in [1.54, 1.807) is 6.92 Å². The van der Waals surface area contributed by atoms with Crippen molar-refractivity contribution < 1.29 is 9.53 Å². The Kier molecular flexibility index (Phi) is 5.08. The fourth-order valence-corrected chi connectivity index (χ4v) is 2.75. The minimum Gasteiger partial charge on any atom is -0.492 e. The second-order valence-corrected chi connectivity index (χ2v) is 5.65. The van der Waals surface area contributed by atoms with Crippen molar-refractivity contribution in [1.29, 1.82) is 0 Å². The molecule has 0 radical (unpaired) electrons. The molecule has 1 N–H and O–H groups in total. The summed E-state index contributed by atoms with van der Waals surface area (Å²) in [6.45, 7) is 4.54. The summed E-state index contributed by atoms with van der Waals surface area (Å²) >= 11 is 1.92. The van der Waals surface area contributed by atoms with Crippen molar-refractivity contribution in [1.82, 2.24) is 5.32 Å². The van der Waals surface area contributed by atoms with Crippen LogP contribution in [-0.2, 0) is 0 Å². The van der Waals surface area contributed by atoms with Crippen molar-refractivity contribution in [3.05, 3.63) is 29.8 Å². The van der Waals surface area contributed by atoms with Gasteiger partial charge in [-0.15, -0.1) is 0 Å². The number of ether oxygens (including phenoxy) is 1. The largest absolute Gasteiger partial charge is 0.492 e. The fraction of sp³-hybridized carbons (Fsp3) is 0.500. The molecule has 0 atom stereocenters. The normalized spacial score (nSPS) is 15.2. The Morgan fingerprint density at radius 3 is 2.89 bits per heavy atom. The fourth-order valence-electron chi connectivity index (χ4n) is 1.81. The number of benzene rings is 1. The number of carbonyl (C=O) groups is 1. The van der Waals surface area contributed by atoms with Crippen molar-refractivity contribution in [2.24, 2.45) is 5.92 Å². The molecule has 1 aromatic rings. The van der Waals surface area contributed by atoms with Gasteiger partial charge in [0, 0.05) is 5.75 Å². The Morgan fingerprint density at radius 2 is 2.22 bits per heavy atom. The van der Waals surface area contributed by atoms with Gasteiger partial charge >= 0.3 is 0 Å². The molecule has 0 aliphatic carbocycles. The Labute approximate surface area is 112 Å². The smallest absolute Gasteiger partial charge is 0.163 e. The molecule has 0 saturated carbocycles. The van der Waals surface area contributed by atoms with Gasteiger partial charge in [0.1, 0.15) is 5.75 Å². The summed E-state index contributed by atoms with van der Waals surface area (Å²) in [7, 11) is 0. The number of carbonyl (C=O) groups excluding carboxylic acids is 1. The summed E-state index contributed by atoms with van der Waals surface area (Å²) in [5.74, 6) is 3.77. The average molecular weight is 265 g/mol. The molecule has 18 heavy (non-hydrogen) atoms. The van der Waals surface area contributed by atoms with Gasteiger partial charge in [-0.2, -0.15) is 11.8 Å². The molecule has 0 amide bonds. The van der Waals surface area contributed by atoms with E-state index in [-0.39, 0.29) is 5.78 Å². The van der Waals surface area contributed by atoms with Crippen LogP contribution in [0.1, 0.15) is 17.3 Å². The third-order valence-corrected chi connectivity index (χ3v) is 4.13. The standard InChI is InChI=1S/C14H19NO2S/c1-11(16)13-4-2-3-5-14(13)17-6-7-18-10-12-8-15-9-12/h2-5,12,15H,6-10H2,1H3. The second kappa shape index (κ2) is 6.81. The van der Waals surface area contributed by atoms with Crippen LogP contribution in [0.5, 0.6) is 5.75 Å². The minimum absolute atomic E-state index is 0.0544. The van der Waals surface area contributed by atoms with Crippen LogP contribution in [0.4, 0.5) is 0 Å². The first-order valence-corrected chi connectivity index (χ1v) is 7.44. The summed E-state index contributed by atoms with van der Waals surface area (Å²) < 4.78 is 5.67. The molecule has 0 unspecified atom stereocenters. The van der Waals surface area contributed by atoms with Gasteiger partial charge in [-0.05, 0) is 43.8 Å². The van der Waals surface area contributed by atoms with E-state index in [1.165, 1.54) is 5.75 Å². The first-order chi connectivity index (χ1) is 8.77. The number of ketones is 1. The molecular formula is C14H19NO2S. The van der Waals surface area contributed by atoms with Crippen LogP contribution in [0.15, 0.2) is 24.3 Å². The van der Waals surface area contributed by atoms with E-state index in [9.17, 15) is 4.79 Å². The number of thioether (sulfide) groups is 1. The molecule has 3 nitrogen and oxygen atoms in total. The molecular weight excluding hydrogens is 246 g/mol. The highest BCUT2D eigenvalue weighted by Crippen LogP contribution is 2.19. The van der Waals surface area contributed by atoms with Crippen LogP contribution in [0.25, 0.3) is 0 Å². The Hall–Kier alpha value is -1.00. The zero-order chi connectivity index (χ0) is 12.8. The molecule has 2 rings (SSSR count). The van der Waals surface area contributed by atoms with Crippen LogP contribution >= 0.6 is 11.8 Å². The maximum atomic E-state index is 11.4. The Morgan fingerprint density at radius 1 is 1.44 bits per heavy atom. The lowest BCUT2D eigenvalue weighted by Crippen LogP contribution is -2.43. The topological polar surface area (TPSA) is 38.3 Å². The summed E-state index contributed by atoms with van der Waals surface area (Å²) in [4.78, 5) is 11.4. The lowest BCUT2D eigenvalue weighted by atomic mass is 10.1. The predicted molar refractivity (Wildman–Crippen MR) is 75.6 cm³/mol. The highest BCUT2D eigenvalue weighted by Gasteiger charge is 2.15. The number of hydrogen-bond donors (Lipinski definition) is 1. The highest BCUT2D eigenvalue weighted by atomic mass is 32.2. The maximum Gasteiger partial charge on any atom is 0.163 e. The van der Waals surface area contributed by atoms with E-state index in [0.29, 0.717) is 17.9 Å². The van der Waals surface area contributed by atoms with Gasteiger partial charge in [-0.3, -0.25) is 4.79 Å². The van der Waals surface area contributed by atoms with Crippen LogP contribution in [0.2, 0.25) is 0 Å². The van der Waals surface area contributed by atoms with Crippen molar-refractivity contribution in [3.63, 3.8) is 0 Å². The highest BCUT2D eigenvalue weighted by molar-refractivity contribution is 7.99. The van der Waals surface area contributed by atoms with Gasteiger partial charge in [0.05, 0.1) is 12.2 Å². The zero-order valence-electron chi connectivity index (χ0n) is 10.6. The number of hydrogen-bond acceptors (Lipinski definition) is 4. The average Bonchev–Trinajstić information content (AvgIpc) is 2.31. The molecule has 0 spiro atoms. The molecule has 1 saturated heterocycles.